The molecule has 0 aliphatic carbocycles. The highest BCUT2D eigenvalue weighted by molar-refractivity contribution is 6.01. The number of nitrogens with zero attached hydrogens (tertiary/aromatic N) is 2. The maximum absolute atomic E-state index is 12.1. The highest BCUT2D eigenvalue weighted by Gasteiger charge is 2.49. The minimum Gasteiger partial charge on any atom is -0.467 e. The normalized spacial score (nSPS) is 19.8. The van der Waals surface area contributed by atoms with Gasteiger partial charge >= 0.3 is 17.6 Å². The third-order valence-corrected chi connectivity index (χ3v) is 3.52. The summed E-state index contributed by atoms with van der Waals surface area (Å²) in [6.07, 6.45) is 0.205. The van der Waals surface area contributed by atoms with Gasteiger partial charge in [-0.05, 0) is 0 Å². The first-order valence-electron chi connectivity index (χ1n) is 6.36. The Labute approximate surface area is 128 Å². The van der Waals surface area contributed by atoms with Gasteiger partial charge in [-0.15, -0.1) is 0 Å². The molecule has 2 unspecified atom stereocenters. The Balaban J connectivity index is 2.78. The van der Waals surface area contributed by atoms with Gasteiger partial charge in [0.05, 0.1) is 14.2 Å². The summed E-state index contributed by atoms with van der Waals surface area (Å²) >= 11 is 0. The smallest absolute Gasteiger partial charge is 0.331 e. The van der Waals surface area contributed by atoms with Crippen molar-refractivity contribution in [3.63, 3.8) is 0 Å². The first-order valence-corrected chi connectivity index (χ1v) is 6.36. The quantitative estimate of drug-likeness (QED) is 0.461. The molecule has 0 spiro atoms. The molecule has 2 rings (SSSR count). The van der Waals surface area contributed by atoms with Gasteiger partial charge < -0.3 is 14.4 Å². The van der Waals surface area contributed by atoms with E-state index in [2.05, 4.69) is 14.5 Å². The standard InChI is InChI=1S/C12H14N4O7/c1-15-5(10(19)22-2)6(11(20)23-3)16(4-17)7-8(15)13-12(21)14-9(7)18/h4-6H,1-3H3,(H2,13,14,18,21). The number of aromatic nitrogens is 2. The fourth-order valence-electron chi connectivity index (χ4n) is 2.49. The molecule has 2 heterocycles. The highest BCUT2D eigenvalue weighted by atomic mass is 16.5. The topological polar surface area (TPSA) is 142 Å². The van der Waals surface area contributed by atoms with Crippen molar-refractivity contribution in [2.45, 2.75) is 12.1 Å². The first kappa shape index (κ1) is 16.3. The molecule has 0 aromatic carbocycles. The highest BCUT2D eigenvalue weighted by Crippen LogP contribution is 2.32. The lowest BCUT2D eigenvalue weighted by Gasteiger charge is -2.41. The Kier molecular flexibility index (Phi) is 4.20. The number of esters is 2. The Morgan fingerprint density at radius 1 is 1.09 bits per heavy atom. The lowest BCUT2D eigenvalue weighted by Crippen LogP contribution is -2.63. The maximum atomic E-state index is 12.1. The van der Waals surface area contributed by atoms with Crippen LogP contribution in [0.1, 0.15) is 0 Å². The molecule has 1 aliphatic heterocycles. The van der Waals surface area contributed by atoms with Crippen molar-refractivity contribution in [1.82, 2.24) is 9.97 Å². The fourth-order valence-corrected chi connectivity index (χ4v) is 2.49. The van der Waals surface area contributed by atoms with Crippen LogP contribution < -0.4 is 21.0 Å². The van der Waals surface area contributed by atoms with Crippen LogP contribution in [0.2, 0.25) is 0 Å². The van der Waals surface area contributed by atoms with Crippen molar-refractivity contribution in [3.8, 4) is 0 Å². The number of hydrogen-bond donors (Lipinski definition) is 2. The second kappa shape index (κ2) is 5.94. The van der Waals surface area contributed by atoms with Gasteiger partial charge in [-0.25, -0.2) is 14.4 Å². The molecule has 0 saturated heterocycles. The molecule has 0 saturated carbocycles. The van der Waals surface area contributed by atoms with Crippen molar-refractivity contribution < 1.29 is 23.9 Å². The summed E-state index contributed by atoms with van der Waals surface area (Å²) in [5.41, 5.74) is -2.00. The number of H-pyrrole nitrogens is 2. The summed E-state index contributed by atoms with van der Waals surface area (Å²) in [5, 5.41) is 0. The van der Waals surface area contributed by atoms with Crippen LogP contribution in [0, 0.1) is 0 Å². The monoisotopic (exact) mass is 326 g/mol. The van der Waals surface area contributed by atoms with Gasteiger partial charge in [0.2, 0.25) is 6.41 Å². The lowest BCUT2D eigenvalue weighted by atomic mass is 10.0. The van der Waals surface area contributed by atoms with Crippen LogP contribution in [-0.4, -0.2) is 61.7 Å². The van der Waals surface area contributed by atoms with Crippen LogP contribution in [0.5, 0.6) is 0 Å². The zero-order valence-corrected chi connectivity index (χ0v) is 12.5. The molecule has 11 heteroatoms. The summed E-state index contributed by atoms with van der Waals surface area (Å²) in [4.78, 5) is 65.3. The Bertz CT molecular complexity index is 767. The van der Waals surface area contributed by atoms with E-state index in [9.17, 15) is 24.0 Å². The molecule has 2 N–H and O–H groups in total. The van der Waals surface area contributed by atoms with Gasteiger partial charge in [0, 0.05) is 7.05 Å². The number of carbonyl (C=O) groups excluding carboxylic acids is 3. The average molecular weight is 326 g/mol. The van der Waals surface area contributed by atoms with E-state index in [1.54, 1.807) is 0 Å². The van der Waals surface area contributed by atoms with Crippen LogP contribution in [0.3, 0.4) is 0 Å². The number of methoxy groups -OCH3 is 2. The average Bonchev–Trinajstić information content (AvgIpc) is 2.53. The zero-order valence-electron chi connectivity index (χ0n) is 12.5. The molecule has 1 aromatic heterocycles. The molecule has 1 aliphatic rings. The number of hydrogen-bond acceptors (Lipinski definition) is 8. The number of amides is 1. The Hall–Kier alpha value is -3.11. The van der Waals surface area contributed by atoms with E-state index >= 15 is 0 Å². The van der Waals surface area contributed by atoms with Crippen molar-refractivity contribution in [2.75, 3.05) is 31.1 Å². The molecule has 1 amide bonds. The van der Waals surface area contributed by atoms with Gasteiger partial charge in [-0.1, -0.05) is 0 Å². The van der Waals surface area contributed by atoms with Crippen molar-refractivity contribution >= 4 is 29.9 Å². The third-order valence-electron chi connectivity index (χ3n) is 3.52. The molecule has 2 atom stereocenters. The number of aromatic amines is 2. The van der Waals surface area contributed by atoms with E-state index < -0.39 is 35.3 Å². The second-order valence-electron chi connectivity index (χ2n) is 4.67. The number of rotatable bonds is 3. The van der Waals surface area contributed by atoms with Gasteiger partial charge in [0.1, 0.15) is 5.82 Å². The number of fused-ring (bicyclic) bond motifs is 1. The van der Waals surface area contributed by atoms with E-state index in [-0.39, 0.29) is 17.9 Å². The number of carbonyl (C=O) groups is 3. The fraction of sp³-hybridized carbons (Fsp3) is 0.417. The minimum atomic E-state index is -1.45. The van der Waals surface area contributed by atoms with E-state index in [0.717, 1.165) is 19.1 Å². The Morgan fingerprint density at radius 3 is 2.17 bits per heavy atom. The molecule has 0 fully saturated rings. The zero-order chi connectivity index (χ0) is 17.3. The first-order chi connectivity index (χ1) is 10.9. The molecule has 11 nitrogen and oxygen atoms in total. The van der Waals surface area contributed by atoms with E-state index in [0.29, 0.717) is 0 Å². The third kappa shape index (κ3) is 2.45. The van der Waals surface area contributed by atoms with Gasteiger partial charge in [0.15, 0.2) is 17.8 Å². The number of likely N-dealkylation sites (N-methyl/N-ethyl adjacent to an activating group) is 1. The predicted molar refractivity (Wildman–Crippen MR) is 76.2 cm³/mol. The molecular formula is C12H14N4O7. The predicted octanol–water partition coefficient (Wildman–Crippen LogP) is -2.44. The number of ether oxygens (including phenoxy) is 2. The van der Waals surface area contributed by atoms with Crippen LogP contribution in [0.15, 0.2) is 9.59 Å². The molecule has 124 valence electrons. The minimum absolute atomic E-state index is 0.0959. The van der Waals surface area contributed by atoms with E-state index in [1.807, 2.05) is 4.98 Å². The van der Waals surface area contributed by atoms with Crippen LogP contribution in [-0.2, 0) is 23.9 Å². The molecular weight excluding hydrogens is 312 g/mol. The molecule has 0 radical (unpaired) electrons. The maximum Gasteiger partial charge on any atom is 0.331 e. The summed E-state index contributed by atoms with van der Waals surface area (Å²) in [7, 11) is 3.55. The lowest BCUT2D eigenvalue weighted by molar-refractivity contribution is -0.150. The molecule has 1 aromatic rings. The van der Waals surface area contributed by atoms with Crippen molar-refractivity contribution in [1.29, 1.82) is 0 Å². The van der Waals surface area contributed by atoms with E-state index in [1.165, 1.54) is 11.9 Å². The summed E-state index contributed by atoms with van der Waals surface area (Å²) < 4.78 is 9.26. The number of nitrogens with one attached hydrogen (secondary N) is 2. The van der Waals surface area contributed by atoms with Crippen molar-refractivity contribution in [3.05, 3.63) is 20.8 Å². The Morgan fingerprint density at radius 2 is 1.65 bits per heavy atom. The van der Waals surface area contributed by atoms with Crippen molar-refractivity contribution in [2.24, 2.45) is 0 Å². The SMILES string of the molecule is COC(=O)C1C(C(=O)OC)N(C=O)c2c([nH]c(=O)[nH]c2=O)N1C. The van der Waals surface area contributed by atoms with Gasteiger partial charge in [-0.3, -0.25) is 24.5 Å². The second-order valence-corrected chi connectivity index (χ2v) is 4.67. The molecule has 23 heavy (non-hydrogen) atoms. The van der Waals surface area contributed by atoms with Gasteiger partial charge in [-0.2, -0.15) is 0 Å². The summed E-state index contributed by atoms with van der Waals surface area (Å²) in [6.45, 7) is 0. The molecule has 0 bridgehead atoms. The largest absolute Gasteiger partial charge is 0.467 e. The number of anilines is 2. The summed E-state index contributed by atoms with van der Waals surface area (Å²) in [5.74, 6) is -1.86. The van der Waals surface area contributed by atoms with Crippen LogP contribution in [0.4, 0.5) is 11.5 Å². The van der Waals surface area contributed by atoms with Crippen LogP contribution >= 0.6 is 0 Å². The summed E-state index contributed by atoms with van der Waals surface area (Å²) in [6, 6.07) is -2.75. The van der Waals surface area contributed by atoms with Crippen LogP contribution in [0.25, 0.3) is 0 Å². The van der Waals surface area contributed by atoms with Gasteiger partial charge in [0.25, 0.3) is 5.56 Å². The van der Waals surface area contributed by atoms with E-state index in [4.69, 9.17) is 0 Å².